The topological polar surface area (TPSA) is 15.3 Å². The van der Waals surface area contributed by atoms with Gasteiger partial charge >= 0.3 is 0 Å². The summed E-state index contributed by atoms with van der Waals surface area (Å²) in [6.07, 6.45) is 9.75. The van der Waals surface area contributed by atoms with Crippen LogP contribution >= 0.6 is 0 Å². The minimum absolute atomic E-state index is 0.809. The summed E-state index contributed by atoms with van der Waals surface area (Å²) in [6, 6.07) is 2.59. The average Bonchev–Trinajstić information content (AvgIpc) is 2.27. The minimum atomic E-state index is 0.809. The molecular formula is C14H28N2. The van der Waals surface area contributed by atoms with Crippen LogP contribution in [0.5, 0.6) is 0 Å². The Morgan fingerprint density at radius 3 is 2.31 bits per heavy atom. The molecule has 2 rings (SSSR count). The van der Waals surface area contributed by atoms with E-state index < -0.39 is 0 Å². The van der Waals surface area contributed by atoms with Crippen LogP contribution in [0.4, 0.5) is 0 Å². The van der Waals surface area contributed by atoms with Gasteiger partial charge in [-0.15, -0.1) is 0 Å². The highest BCUT2D eigenvalue weighted by molar-refractivity contribution is 4.94. The van der Waals surface area contributed by atoms with E-state index in [4.69, 9.17) is 0 Å². The first-order chi connectivity index (χ1) is 7.85. The predicted molar refractivity (Wildman–Crippen MR) is 69.7 cm³/mol. The highest BCUT2D eigenvalue weighted by Crippen LogP contribution is 2.33. The van der Waals surface area contributed by atoms with Gasteiger partial charge < -0.3 is 5.32 Å². The predicted octanol–water partition coefficient (Wildman–Crippen LogP) is 2.78. The van der Waals surface area contributed by atoms with Gasteiger partial charge in [0.15, 0.2) is 0 Å². The second-order valence-corrected chi connectivity index (χ2v) is 5.60. The normalized spacial score (nSPS) is 35.2. The lowest BCUT2D eigenvalue weighted by Crippen LogP contribution is -2.56. The van der Waals surface area contributed by atoms with Crippen LogP contribution in [0.15, 0.2) is 0 Å². The fourth-order valence-corrected chi connectivity index (χ4v) is 3.62. The molecule has 94 valence electrons. The Hall–Kier alpha value is -0.0800. The van der Waals surface area contributed by atoms with Gasteiger partial charge in [0.05, 0.1) is 0 Å². The molecule has 0 aromatic heterocycles. The van der Waals surface area contributed by atoms with E-state index >= 15 is 0 Å². The lowest BCUT2D eigenvalue weighted by molar-refractivity contribution is 0.0248. The molecule has 2 bridgehead atoms. The van der Waals surface area contributed by atoms with Gasteiger partial charge in [0, 0.05) is 18.1 Å². The van der Waals surface area contributed by atoms with Gasteiger partial charge in [-0.25, -0.2) is 0 Å². The molecule has 0 spiro atoms. The Balaban J connectivity index is 1.89. The Morgan fingerprint density at radius 2 is 1.75 bits per heavy atom. The summed E-state index contributed by atoms with van der Waals surface area (Å²) in [7, 11) is 0. The van der Waals surface area contributed by atoms with Crippen molar-refractivity contribution >= 4 is 0 Å². The van der Waals surface area contributed by atoms with Crippen LogP contribution in [-0.4, -0.2) is 36.1 Å². The number of hydrogen-bond acceptors (Lipinski definition) is 2. The summed E-state index contributed by atoms with van der Waals surface area (Å²) in [5.74, 6) is 0. The summed E-state index contributed by atoms with van der Waals surface area (Å²) < 4.78 is 0. The Morgan fingerprint density at radius 1 is 1.06 bits per heavy atom. The summed E-state index contributed by atoms with van der Waals surface area (Å²) >= 11 is 0. The molecule has 0 radical (unpaired) electrons. The van der Waals surface area contributed by atoms with E-state index in [-0.39, 0.29) is 0 Å². The number of fused-ring (bicyclic) bond motifs is 2. The summed E-state index contributed by atoms with van der Waals surface area (Å²) in [5.41, 5.74) is 0. The van der Waals surface area contributed by atoms with E-state index in [0.717, 1.165) is 18.1 Å². The summed E-state index contributed by atoms with van der Waals surface area (Å²) in [6.45, 7) is 7.12. The maximum atomic E-state index is 3.74. The van der Waals surface area contributed by atoms with Crippen molar-refractivity contribution in [2.45, 2.75) is 76.9 Å². The molecule has 2 heteroatoms. The van der Waals surface area contributed by atoms with Crippen molar-refractivity contribution < 1.29 is 0 Å². The third kappa shape index (κ3) is 2.78. The zero-order valence-electron chi connectivity index (χ0n) is 11.0. The maximum absolute atomic E-state index is 3.74. The molecule has 0 saturated carbocycles. The van der Waals surface area contributed by atoms with Crippen LogP contribution in [-0.2, 0) is 0 Å². The van der Waals surface area contributed by atoms with E-state index in [2.05, 4.69) is 24.1 Å². The van der Waals surface area contributed by atoms with Gasteiger partial charge in [0.2, 0.25) is 0 Å². The monoisotopic (exact) mass is 224 g/mol. The highest BCUT2D eigenvalue weighted by atomic mass is 15.2. The molecule has 2 saturated heterocycles. The molecule has 0 amide bonds. The standard InChI is InChI=1S/C14H28N2/c1-3-8-15-12-10-13-6-5-7-14(11-12)16(13)9-4-2/h12-15H,3-11H2,1-2H3. The van der Waals surface area contributed by atoms with Crippen LogP contribution in [0.2, 0.25) is 0 Å². The molecule has 0 aromatic carbocycles. The molecule has 0 aliphatic carbocycles. The first kappa shape index (κ1) is 12.4. The zero-order chi connectivity index (χ0) is 11.4. The van der Waals surface area contributed by atoms with Gasteiger partial charge in [0.25, 0.3) is 0 Å². The van der Waals surface area contributed by atoms with Gasteiger partial charge in [-0.3, -0.25) is 4.90 Å². The molecular weight excluding hydrogens is 196 g/mol. The molecule has 2 heterocycles. The quantitative estimate of drug-likeness (QED) is 0.772. The average molecular weight is 224 g/mol. The Bertz CT molecular complexity index is 191. The number of nitrogens with zero attached hydrogens (tertiary/aromatic N) is 1. The third-order valence-electron chi connectivity index (χ3n) is 4.29. The largest absolute Gasteiger partial charge is 0.314 e. The second-order valence-electron chi connectivity index (χ2n) is 5.60. The van der Waals surface area contributed by atoms with Gasteiger partial charge in [-0.1, -0.05) is 20.3 Å². The molecule has 2 nitrogen and oxygen atoms in total. The number of hydrogen-bond donors (Lipinski definition) is 1. The SMILES string of the molecule is CCCNC1CC2CCCC(C1)N2CCC. The molecule has 2 aliphatic rings. The lowest BCUT2D eigenvalue weighted by atomic mass is 9.81. The molecule has 0 aromatic rings. The number of rotatable bonds is 5. The van der Waals surface area contributed by atoms with Gasteiger partial charge in [-0.2, -0.15) is 0 Å². The van der Waals surface area contributed by atoms with Crippen molar-refractivity contribution in [3.8, 4) is 0 Å². The van der Waals surface area contributed by atoms with Crippen LogP contribution in [0, 0.1) is 0 Å². The summed E-state index contributed by atoms with van der Waals surface area (Å²) in [4.78, 5) is 2.81. The van der Waals surface area contributed by atoms with E-state index in [1.54, 1.807) is 0 Å². The molecule has 2 fully saturated rings. The molecule has 2 aliphatic heterocycles. The fourth-order valence-electron chi connectivity index (χ4n) is 3.62. The van der Waals surface area contributed by atoms with Crippen molar-refractivity contribution in [3.63, 3.8) is 0 Å². The number of piperidine rings is 2. The van der Waals surface area contributed by atoms with Crippen LogP contribution in [0.1, 0.15) is 58.8 Å². The molecule has 1 N–H and O–H groups in total. The van der Waals surface area contributed by atoms with E-state index in [9.17, 15) is 0 Å². The second kappa shape index (κ2) is 6.02. The first-order valence-electron chi connectivity index (χ1n) is 7.34. The molecule has 2 atom stereocenters. The van der Waals surface area contributed by atoms with Crippen LogP contribution in [0.25, 0.3) is 0 Å². The third-order valence-corrected chi connectivity index (χ3v) is 4.29. The maximum Gasteiger partial charge on any atom is 0.0113 e. The molecule has 16 heavy (non-hydrogen) atoms. The van der Waals surface area contributed by atoms with Crippen molar-refractivity contribution in [1.82, 2.24) is 10.2 Å². The fraction of sp³-hybridized carbons (Fsp3) is 1.00. The van der Waals surface area contributed by atoms with Crippen molar-refractivity contribution in [1.29, 1.82) is 0 Å². The van der Waals surface area contributed by atoms with Crippen LogP contribution < -0.4 is 5.32 Å². The van der Waals surface area contributed by atoms with Crippen molar-refractivity contribution in [2.24, 2.45) is 0 Å². The van der Waals surface area contributed by atoms with Gasteiger partial charge in [-0.05, 0) is 51.6 Å². The Labute approximate surface area is 101 Å². The van der Waals surface area contributed by atoms with Crippen molar-refractivity contribution in [3.05, 3.63) is 0 Å². The van der Waals surface area contributed by atoms with E-state index in [1.807, 2.05) is 0 Å². The summed E-state index contributed by atoms with van der Waals surface area (Å²) in [5, 5.41) is 3.74. The van der Waals surface area contributed by atoms with Crippen LogP contribution in [0.3, 0.4) is 0 Å². The highest BCUT2D eigenvalue weighted by Gasteiger charge is 2.37. The number of nitrogens with one attached hydrogen (secondary N) is 1. The minimum Gasteiger partial charge on any atom is -0.314 e. The van der Waals surface area contributed by atoms with Gasteiger partial charge in [0.1, 0.15) is 0 Å². The zero-order valence-corrected chi connectivity index (χ0v) is 11.0. The first-order valence-corrected chi connectivity index (χ1v) is 7.34. The smallest absolute Gasteiger partial charge is 0.0113 e. The molecule has 2 unspecified atom stereocenters. The Kier molecular flexibility index (Phi) is 4.66. The lowest BCUT2D eigenvalue weighted by Gasteiger charge is -2.49. The van der Waals surface area contributed by atoms with E-state index in [0.29, 0.717) is 0 Å². The van der Waals surface area contributed by atoms with E-state index in [1.165, 1.54) is 58.0 Å². The van der Waals surface area contributed by atoms with Crippen molar-refractivity contribution in [2.75, 3.05) is 13.1 Å².